The number of nitrogens with zero attached hydrogens (tertiary/aromatic N) is 1. The molecule has 1 unspecified atom stereocenters. The van der Waals surface area contributed by atoms with Crippen LogP contribution in [0.15, 0.2) is 23.6 Å². The monoisotopic (exact) mass is 278 g/mol. The van der Waals surface area contributed by atoms with Crippen molar-refractivity contribution in [2.75, 3.05) is 7.11 Å². The minimum Gasteiger partial charge on any atom is -0.507 e. The third-order valence-corrected chi connectivity index (χ3v) is 3.90. The predicted molar refractivity (Wildman–Crippen MR) is 76.8 cm³/mol. The van der Waals surface area contributed by atoms with E-state index >= 15 is 0 Å². The third kappa shape index (κ3) is 3.45. The van der Waals surface area contributed by atoms with E-state index in [2.05, 4.69) is 10.3 Å². The predicted octanol–water partition coefficient (Wildman–Crippen LogP) is 3.02. The fourth-order valence-electron chi connectivity index (χ4n) is 1.85. The van der Waals surface area contributed by atoms with E-state index in [1.165, 1.54) is 0 Å². The van der Waals surface area contributed by atoms with Crippen LogP contribution in [0.5, 0.6) is 11.5 Å². The van der Waals surface area contributed by atoms with Crippen molar-refractivity contribution in [3.8, 4) is 11.5 Å². The van der Waals surface area contributed by atoms with Gasteiger partial charge >= 0.3 is 0 Å². The first-order chi connectivity index (χ1) is 9.10. The maximum absolute atomic E-state index is 9.96. The first-order valence-corrected chi connectivity index (χ1v) is 6.99. The number of nitrogens with one attached hydrogen (secondary N) is 1. The normalized spacial score (nSPS) is 12.4. The van der Waals surface area contributed by atoms with Gasteiger partial charge in [-0.2, -0.15) is 0 Å². The largest absolute Gasteiger partial charge is 0.507 e. The summed E-state index contributed by atoms with van der Waals surface area (Å²) in [5, 5.41) is 16.4. The molecule has 19 heavy (non-hydrogen) atoms. The number of aromatic hydroxyl groups is 1. The second-order valence-corrected chi connectivity index (χ2v) is 5.35. The van der Waals surface area contributed by atoms with Crippen LogP contribution in [0, 0.1) is 6.92 Å². The molecule has 2 aromatic rings. The van der Waals surface area contributed by atoms with Gasteiger partial charge < -0.3 is 15.2 Å². The molecule has 0 amide bonds. The SMILES string of the molecule is COc1ccc(C(C)NCc2nc(C)cs2)c(O)c1. The highest BCUT2D eigenvalue weighted by atomic mass is 32.1. The minimum absolute atomic E-state index is 0.0510. The molecule has 1 aromatic heterocycles. The Hall–Kier alpha value is -1.59. The van der Waals surface area contributed by atoms with Crippen LogP contribution in [0.25, 0.3) is 0 Å². The standard InChI is InChI=1S/C14H18N2O2S/c1-9-8-19-14(16-9)7-15-10(2)12-5-4-11(18-3)6-13(12)17/h4-6,8,10,15,17H,7H2,1-3H3. The zero-order chi connectivity index (χ0) is 13.8. The number of phenols is 1. The first kappa shape index (κ1) is 13.8. The number of hydrogen-bond acceptors (Lipinski definition) is 5. The Kier molecular flexibility index (Phi) is 4.39. The summed E-state index contributed by atoms with van der Waals surface area (Å²) in [5.74, 6) is 0.902. The zero-order valence-corrected chi connectivity index (χ0v) is 12.1. The van der Waals surface area contributed by atoms with Crippen molar-refractivity contribution in [2.24, 2.45) is 0 Å². The van der Waals surface area contributed by atoms with Crippen molar-refractivity contribution in [1.82, 2.24) is 10.3 Å². The first-order valence-electron chi connectivity index (χ1n) is 6.11. The van der Waals surface area contributed by atoms with E-state index < -0.39 is 0 Å². The Morgan fingerprint density at radius 3 is 2.84 bits per heavy atom. The summed E-state index contributed by atoms with van der Waals surface area (Å²) in [5.41, 5.74) is 1.90. The van der Waals surface area contributed by atoms with Gasteiger partial charge in [0.15, 0.2) is 0 Å². The van der Waals surface area contributed by atoms with Crippen LogP contribution in [0.2, 0.25) is 0 Å². The number of phenolic OH excluding ortho intramolecular Hbond substituents is 1. The molecule has 0 aliphatic rings. The van der Waals surface area contributed by atoms with Crippen LogP contribution in [0.1, 0.15) is 29.2 Å². The number of aryl methyl sites for hydroxylation is 1. The molecule has 0 aliphatic heterocycles. The highest BCUT2D eigenvalue weighted by Crippen LogP contribution is 2.28. The van der Waals surface area contributed by atoms with Gasteiger partial charge in [0.2, 0.25) is 0 Å². The van der Waals surface area contributed by atoms with Gasteiger partial charge in [0.1, 0.15) is 16.5 Å². The van der Waals surface area contributed by atoms with Crippen molar-refractivity contribution in [2.45, 2.75) is 26.4 Å². The summed E-state index contributed by atoms with van der Waals surface area (Å²) in [6, 6.07) is 5.40. The third-order valence-electron chi connectivity index (χ3n) is 2.93. The molecule has 0 saturated heterocycles. The van der Waals surface area contributed by atoms with Crippen molar-refractivity contribution in [3.63, 3.8) is 0 Å². The van der Waals surface area contributed by atoms with Gasteiger partial charge in [-0.25, -0.2) is 4.98 Å². The maximum Gasteiger partial charge on any atom is 0.124 e. The lowest BCUT2D eigenvalue weighted by molar-refractivity contribution is 0.404. The molecule has 5 heteroatoms. The summed E-state index contributed by atoms with van der Waals surface area (Å²) < 4.78 is 5.07. The molecule has 0 aliphatic carbocycles. The molecule has 1 heterocycles. The molecule has 4 nitrogen and oxygen atoms in total. The highest BCUT2D eigenvalue weighted by Gasteiger charge is 2.11. The fraction of sp³-hybridized carbons (Fsp3) is 0.357. The number of methoxy groups -OCH3 is 1. The summed E-state index contributed by atoms with van der Waals surface area (Å²) in [7, 11) is 1.58. The minimum atomic E-state index is 0.0510. The van der Waals surface area contributed by atoms with Crippen LogP contribution in [-0.2, 0) is 6.54 Å². The topological polar surface area (TPSA) is 54.4 Å². The number of hydrogen-bond donors (Lipinski definition) is 2. The smallest absolute Gasteiger partial charge is 0.124 e. The molecule has 2 N–H and O–H groups in total. The van der Waals surface area contributed by atoms with Crippen molar-refractivity contribution < 1.29 is 9.84 Å². The Bertz CT molecular complexity index is 554. The Morgan fingerprint density at radius 2 is 2.26 bits per heavy atom. The molecule has 0 fully saturated rings. The Morgan fingerprint density at radius 1 is 1.47 bits per heavy atom. The summed E-state index contributed by atoms with van der Waals surface area (Å²) in [6.07, 6.45) is 0. The quantitative estimate of drug-likeness (QED) is 0.882. The van der Waals surface area contributed by atoms with E-state index in [9.17, 15) is 5.11 Å². The summed E-state index contributed by atoms with van der Waals surface area (Å²) in [6.45, 7) is 4.70. The fourth-order valence-corrected chi connectivity index (χ4v) is 2.57. The molecule has 1 aromatic carbocycles. The van der Waals surface area contributed by atoms with Gasteiger partial charge in [-0.15, -0.1) is 11.3 Å². The molecule has 0 saturated carbocycles. The Balaban J connectivity index is 2.01. The number of aromatic nitrogens is 1. The highest BCUT2D eigenvalue weighted by molar-refractivity contribution is 7.09. The van der Waals surface area contributed by atoms with Crippen LogP contribution < -0.4 is 10.1 Å². The van der Waals surface area contributed by atoms with Crippen molar-refractivity contribution in [3.05, 3.63) is 39.8 Å². The molecule has 1 atom stereocenters. The van der Waals surface area contributed by atoms with E-state index in [0.717, 1.165) is 16.3 Å². The number of ether oxygens (including phenoxy) is 1. The average Bonchev–Trinajstić information content (AvgIpc) is 2.81. The molecule has 0 bridgehead atoms. The number of benzene rings is 1. The summed E-state index contributed by atoms with van der Waals surface area (Å²) >= 11 is 1.64. The lowest BCUT2D eigenvalue weighted by Crippen LogP contribution is -2.18. The molecular formula is C14H18N2O2S. The molecule has 0 radical (unpaired) electrons. The molecule has 2 rings (SSSR count). The van der Waals surface area contributed by atoms with Gasteiger partial charge in [-0.3, -0.25) is 0 Å². The lowest BCUT2D eigenvalue weighted by atomic mass is 10.1. The van der Waals surface area contributed by atoms with E-state index in [1.807, 2.05) is 31.4 Å². The van der Waals surface area contributed by atoms with Gasteiger partial charge in [0.05, 0.1) is 7.11 Å². The average molecular weight is 278 g/mol. The van der Waals surface area contributed by atoms with Gasteiger partial charge in [0.25, 0.3) is 0 Å². The van der Waals surface area contributed by atoms with Crippen LogP contribution in [0.3, 0.4) is 0 Å². The van der Waals surface area contributed by atoms with Gasteiger partial charge in [-0.05, 0) is 19.9 Å². The number of rotatable bonds is 5. The number of thiazole rings is 1. The Labute approximate surface area is 117 Å². The van der Waals surface area contributed by atoms with Gasteiger partial charge in [-0.1, -0.05) is 6.07 Å². The lowest BCUT2D eigenvalue weighted by Gasteiger charge is -2.15. The van der Waals surface area contributed by atoms with Crippen LogP contribution in [-0.4, -0.2) is 17.2 Å². The second-order valence-electron chi connectivity index (χ2n) is 4.41. The van der Waals surface area contributed by atoms with E-state index in [-0.39, 0.29) is 11.8 Å². The summed E-state index contributed by atoms with van der Waals surface area (Å²) in [4.78, 5) is 4.40. The maximum atomic E-state index is 9.96. The van der Waals surface area contributed by atoms with E-state index in [4.69, 9.17) is 4.74 Å². The second kappa shape index (κ2) is 6.04. The van der Waals surface area contributed by atoms with Crippen molar-refractivity contribution >= 4 is 11.3 Å². The zero-order valence-electron chi connectivity index (χ0n) is 11.3. The van der Waals surface area contributed by atoms with Crippen LogP contribution in [0.4, 0.5) is 0 Å². The van der Waals surface area contributed by atoms with E-state index in [0.29, 0.717) is 12.3 Å². The molecular weight excluding hydrogens is 260 g/mol. The molecule has 0 spiro atoms. The van der Waals surface area contributed by atoms with E-state index in [1.54, 1.807) is 24.5 Å². The van der Waals surface area contributed by atoms with Crippen LogP contribution >= 0.6 is 11.3 Å². The molecule has 102 valence electrons. The van der Waals surface area contributed by atoms with Gasteiger partial charge in [0, 0.05) is 35.3 Å². The van der Waals surface area contributed by atoms with Crippen molar-refractivity contribution in [1.29, 1.82) is 0 Å².